The van der Waals surface area contributed by atoms with Gasteiger partial charge in [0, 0.05) is 12.8 Å². The summed E-state index contributed by atoms with van der Waals surface area (Å²) in [5.41, 5.74) is 2.06. The van der Waals surface area contributed by atoms with Gasteiger partial charge in [0.15, 0.2) is 0 Å². The van der Waals surface area contributed by atoms with Crippen LogP contribution in [-0.2, 0) is 11.8 Å². The summed E-state index contributed by atoms with van der Waals surface area (Å²) < 4.78 is 6.13. The van der Waals surface area contributed by atoms with Gasteiger partial charge in [-0.1, -0.05) is 70.1 Å². The molecule has 4 saturated carbocycles. The number of fused-ring (bicyclic) bond motifs is 1. The Balaban J connectivity index is 1.25. The van der Waals surface area contributed by atoms with Crippen molar-refractivity contribution in [3.05, 3.63) is 65.5 Å². The Labute approximate surface area is 247 Å². The maximum atomic E-state index is 11.3. The molecule has 0 saturated heterocycles. The zero-order valence-electron chi connectivity index (χ0n) is 25.9. The van der Waals surface area contributed by atoms with Crippen LogP contribution in [0.15, 0.2) is 58.2 Å². The first-order valence-electron chi connectivity index (χ1n) is 16.3. The van der Waals surface area contributed by atoms with Crippen LogP contribution in [0.3, 0.4) is 0 Å². The van der Waals surface area contributed by atoms with Gasteiger partial charge in [0.05, 0.1) is 29.4 Å². The van der Waals surface area contributed by atoms with Crippen LogP contribution < -0.4 is 0 Å². The molecule has 0 aliphatic heterocycles. The van der Waals surface area contributed by atoms with E-state index in [2.05, 4.69) is 50.6 Å². The minimum Gasteiger partial charge on any atom is -0.445 e. The van der Waals surface area contributed by atoms with E-state index in [0.29, 0.717) is 36.5 Å². The second-order valence-electron chi connectivity index (χ2n) is 14.3. The highest BCUT2D eigenvalue weighted by molar-refractivity contribution is 5.41. The molecule has 41 heavy (non-hydrogen) atoms. The van der Waals surface area contributed by atoms with Gasteiger partial charge in [-0.25, -0.2) is 4.98 Å². The van der Waals surface area contributed by atoms with Crippen LogP contribution in [0.1, 0.15) is 116 Å². The number of aromatic nitrogens is 1. The molecule has 1 aromatic rings. The minimum absolute atomic E-state index is 0.235. The quantitative estimate of drug-likeness (QED) is 0.202. The Kier molecular flexibility index (Phi) is 8.91. The topological polar surface area (TPSA) is 86.7 Å². The van der Waals surface area contributed by atoms with E-state index in [1.165, 1.54) is 44.1 Å². The number of hydrogen-bond donors (Lipinski definition) is 3. The molecule has 5 heteroatoms. The molecule has 3 N–H and O–H groups in total. The van der Waals surface area contributed by atoms with Crippen molar-refractivity contribution >= 4 is 0 Å². The predicted octanol–water partition coefficient (Wildman–Crippen LogP) is 7.52. The molecule has 1 heterocycles. The molecule has 7 atom stereocenters. The van der Waals surface area contributed by atoms with Gasteiger partial charge in [0.2, 0.25) is 5.89 Å². The molecule has 0 aromatic carbocycles. The highest BCUT2D eigenvalue weighted by Crippen LogP contribution is 2.60. The molecule has 5 nitrogen and oxygen atoms in total. The van der Waals surface area contributed by atoms with Crippen molar-refractivity contribution in [1.82, 2.24) is 4.98 Å². The van der Waals surface area contributed by atoms with Crippen molar-refractivity contribution in [3.63, 3.8) is 0 Å². The van der Waals surface area contributed by atoms with Gasteiger partial charge in [0.1, 0.15) is 5.76 Å². The first-order chi connectivity index (χ1) is 19.5. The lowest BCUT2D eigenvalue weighted by Crippen LogP contribution is -2.37. The molecule has 0 radical (unpaired) electrons. The molecule has 3 unspecified atom stereocenters. The minimum atomic E-state index is -1.04. The summed E-state index contributed by atoms with van der Waals surface area (Å²) in [6.07, 6.45) is 22.6. The van der Waals surface area contributed by atoms with Crippen molar-refractivity contribution in [2.45, 2.75) is 134 Å². The zero-order valence-corrected chi connectivity index (χ0v) is 25.9. The van der Waals surface area contributed by atoms with Crippen LogP contribution in [0, 0.1) is 23.2 Å². The van der Waals surface area contributed by atoms with E-state index in [-0.39, 0.29) is 10.8 Å². The largest absolute Gasteiger partial charge is 0.445 e. The lowest BCUT2D eigenvalue weighted by molar-refractivity contribution is 0.0204. The van der Waals surface area contributed by atoms with Crippen LogP contribution in [0.4, 0.5) is 0 Å². The van der Waals surface area contributed by atoms with Crippen molar-refractivity contribution in [3.8, 4) is 0 Å². The fourth-order valence-electron chi connectivity index (χ4n) is 8.47. The molecule has 4 aliphatic rings. The maximum absolute atomic E-state index is 11.3. The molecule has 4 fully saturated rings. The van der Waals surface area contributed by atoms with Gasteiger partial charge in [-0.15, -0.1) is 0 Å². The number of nitrogens with zero attached hydrogens (tertiary/aromatic N) is 1. The predicted molar refractivity (Wildman–Crippen MR) is 164 cm³/mol. The molecule has 1 aromatic heterocycles. The fourth-order valence-corrected chi connectivity index (χ4v) is 8.47. The van der Waals surface area contributed by atoms with Crippen LogP contribution in [-0.4, -0.2) is 38.1 Å². The first kappa shape index (κ1) is 30.5. The molecule has 226 valence electrons. The molecule has 0 bridgehead atoms. The molecule has 0 amide bonds. The Morgan fingerprint density at radius 3 is 2.66 bits per heavy atom. The lowest BCUT2D eigenvalue weighted by atomic mass is 9.61. The summed E-state index contributed by atoms with van der Waals surface area (Å²) >= 11 is 0. The number of aliphatic hydroxyl groups is 3. The second kappa shape index (κ2) is 12.0. The maximum Gasteiger partial charge on any atom is 0.203 e. The van der Waals surface area contributed by atoms with Gasteiger partial charge < -0.3 is 19.7 Å². The normalized spacial score (nSPS) is 36.7. The van der Waals surface area contributed by atoms with E-state index >= 15 is 0 Å². The first-order valence-corrected chi connectivity index (χ1v) is 16.3. The number of unbranched alkanes of at least 4 members (excludes halogenated alkanes) is 2. The van der Waals surface area contributed by atoms with Gasteiger partial charge in [-0.05, 0) is 99.0 Å². The fraction of sp³-hybridized carbons (Fsp3) is 0.694. The molecular weight excluding hydrogens is 510 g/mol. The number of hydrogen-bond acceptors (Lipinski definition) is 5. The summed E-state index contributed by atoms with van der Waals surface area (Å²) in [5, 5.41) is 32.3. The van der Waals surface area contributed by atoms with Gasteiger partial charge in [-0.3, -0.25) is 0 Å². The van der Waals surface area contributed by atoms with Crippen LogP contribution in [0.25, 0.3) is 0 Å². The average Bonchev–Trinajstić information content (AvgIpc) is 3.46. The Morgan fingerprint density at radius 1 is 1.15 bits per heavy atom. The summed E-state index contributed by atoms with van der Waals surface area (Å²) in [7, 11) is 0. The zero-order chi connectivity index (χ0) is 29.4. The summed E-state index contributed by atoms with van der Waals surface area (Å²) in [6, 6.07) is 0. The van der Waals surface area contributed by atoms with Gasteiger partial charge >= 0.3 is 0 Å². The Hall–Kier alpha value is -1.95. The monoisotopic (exact) mass is 563 g/mol. The molecule has 4 aliphatic carbocycles. The van der Waals surface area contributed by atoms with Crippen molar-refractivity contribution < 1.29 is 19.7 Å². The van der Waals surface area contributed by atoms with Crippen LogP contribution >= 0.6 is 0 Å². The molecular formula is C36H53NO4. The molecule has 0 spiro atoms. The Morgan fingerprint density at radius 2 is 1.93 bits per heavy atom. The smallest absolute Gasteiger partial charge is 0.203 e. The van der Waals surface area contributed by atoms with Gasteiger partial charge in [-0.2, -0.15) is 0 Å². The SMILES string of the molecule is C=C1/C(=C\C=C2/CCC[C@]3(C)[C@@H]([C@H](C)/C=C/C(O)C4(c5ncc(CCCCC)o5)CC4)CC[C@@H]23)CC(O)CC1(C)O. The summed E-state index contributed by atoms with van der Waals surface area (Å²) in [6.45, 7) is 12.9. The summed E-state index contributed by atoms with van der Waals surface area (Å²) in [4.78, 5) is 4.59. The van der Waals surface area contributed by atoms with E-state index in [9.17, 15) is 15.3 Å². The van der Waals surface area contributed by atoms with E-state index in [0.717, 1.165) is 49.0 Å². The summed E-state index contributed by atoms with van der Waals surface area (Å²) in [5.74, 6) is 3.16. The van der Waals surface area contributed by atoms with Crippen LogP contribution in [0.5, 0.6) is 0 Å². The Bertz CT molecular complexity index is 1180. The van der Waals surface area contributed by atoms with Gasteiger partial charge in [0.25, 0.3) is 0 Å². The van der Waals surface area contributed by atoms with Crippen LogP contribution in [0.2, 0.25) is 0 Å². The van der Waals surface area contributed by atoms with Crippen molar-refractivity contribution in [1.29, 1.82) is 0 Å². The van der Waals surface area contributed by atoms with Crippen molar-refractivity contribution in [2.75, 3.05) is 0 Å². The molecule has 5 rings (SSSR count). The van der Waals surface area contributed by atoms with E-state index in [4.69, 9.17) is 4.42 Å². The van der Waals surface area contributed by atoms with E-state index < -0.39 is 17.8 Å². The van der Waals surface area contributed by atoms with E-state index in [1.54, 1.807) is 6.92 Å². The standard InChI is InChI=1S/C36H53NO4/c1-6-7-8-11-29-23-37-33(41-29)36(19-20-36)32(39)17-12-24(2)30-15-16-31-26(10-9-18-34(30,31)4)13-14-27-21-28(38)22-35(5,40)25(27)3/h12-14,17,23-24,28,30-32,38-40H,3,6-11,15-16,18-22H2,1-2,4-5H3/b17-12+,26-13+,27-14-/t24-,28?,30-,31+,32?,34-,35?/m1/s1. The number of rotatable bonds is 10. The van der Waals surface area contributed by atoms with Crippen molar-refractivity contribution in [2.24, 2.45) is 23.2 Å². The third-order valence-corrected chi connectivity index (χ3v) is 11.3. The van der Waals surface area contributed by atoms with E-state index in [1.807, 2.05) is 12.3 Å². The third kappa shape index (κ3) is 6.10. The number of allylic oxidation sites excluding steroid dienone is 4. The lowest BCUT2D eigenvalue weighted by Gasteiger charge is -2.44. The number of aliphatic hydroxyl groups excluding tert-OH is 2. The highest BCUT2D eigenvalue weighted by atomic mass is 16.4. The number of aryl methyl sites for hydroxylation is 1. The second-order valence-corrected chi connectivity index (χ2v) is 14.3. The third-order valence-electron chi connectivity index (χ3n) is 11.3. The highest BCUT2D eigenvalue weighted by Gasteiger charge is 2.54. The number of oxazole rings is 1. The average molecular weight is 564 g/mol.